The second-order valence-corrected chi connectivity index (χ2v) is 5.29. The van der Waals surface area contributed by atoms with Gasteiger partial charge in [0.05, 0.1) is 12.2 Å². The Labute approximate surface area is 121 Å². The van der Waals surface area contributed by atoms with Crippen LogP contribution in [0.5, 0.6) is 0 Å². The molecule has 108 valence electrons. The maximum atomic E-state index is 12.1. The minimum absolute atomic E-state index is 0.230. The van der Waals surface area contributed by atoms with Crippen molar-refractivity contribution in [3.8, 4) is 0 Å². The summed E-state index contributed by atoms with van der Waals surface area (Å²) in [6, 6.07) is 1.71. The molecule has 20 heavy (non-hydrogen) atoms. The number of hydrogen-bond donors (Lipinski definition) is 1. The van der Waals surface area contributed by atoms with Crippen molar-refractivity contribution in [3.63, 3.8) is 0 Å². The van der Waals surface area contributed by atoms with E-state index >= 15 is 0 Å². The highest BCUT2D eigenvalue weighted by Gasteiger charge is 2.15. The SMILES string of the molecule is CCOCCc1nnc(NC(=O)c2cc(C)oc2C)s1. The lowest BCUT2D eigenvalue weighted by Crippen LogP contribution is -2.11. The number of nitrogens with zero attached hydrogens (tertiary/aromatic N) is 2. The molecule has 6 nitrogen and oxygen atoms in total. The molecule has 0 bridgehead atoms. The molecule has 0 aliphatic rings. The molecule has 2 aromatic rings. The fourth-order valence-electron chi connectivity index (χ4n) is 1.73. The first-order valence-corrected chi connectivity index (χ1v) is 7.20. The highest BCUT2D eigenvalue weighted by Crippen LogP contribution is 2.19. The number of rotatable bonds is 6. The van der Waals surface area contributed by atoms with Gasteiger partial charge >= 0.3 is 0 Å². The molecule has 0 fully saturated rings. The highest BCUT2D eigenvalue weighted by atomic mass is 32.1. The monoisotopic (exact) mass is 295 g/mol. The lowest BCUT2D eigenvalue weighted by atomic mass is 10.2. The minimum Gasteiger partial charge on any atom is -0.466 e. The van der Waals surface area contributed by atoms with Crippen LogP contribution in [-0.2, 0) is 11.2 Å². The van der Waals surface area contributed by atoms with Gasteiger partial charge < -0.3 is 9.15 Å². The zero-order valence-electron chi connectivity index (χ0n) is 11.7. The van der Waals surface area contributed by atoms with Gasteiger partial charge in [0.2, 0.25) is 5.13 Å². The fraction of sp³-hybridized carbons (Fsp3) is 0.462. The first kappa shape index (κ1) is 14.7. The van der Waals surface area contributed by atoms with Crippen LogP contribution < -0.4 is 5.32 Å². The maximum Gasteiger partial charge on any atom is 0.261 e. The molecule has 0 aromatic carbocycles. The predicted octanol–water partition coefficient (Wildman–Crippen LogP) is 2.58. The molecule has 0 spiro atoms. The lowest BCUT2D eigenvalue weighted by molar-refractivity contribution is 0.102. The summed E-state index contributed by atoms with van der Waals surface area (Å²) in [7, 11) is 0. The second kappa shape index (κ2) is 6.62. The molecule has 0 saturated carbocycles. The molecule has 0 saturated heterocycles. The van der Waals surface area contributed by atoms with Gasteiger partial charge in [0.1, 0.15) is 16.5 Å². The van der Waals surface area contributed by atoms with Crippen molar-refractivity contribution in [2.75, 3.05) is 18.5 Å². The minimum atomic E-state index is -0.230. The zero-order chi connectivity index (χ0) is 14.5. The number of furan rings is 1. The van der Waals surface area contributed by atoms with Gasteiger partial charge in [0.15, 0.2) is 0 Å². The molecule has 0 aliphatic heterocycles. The third-order valence-electron chi connectivity index (χ3n) is 2.64. The van der Waals surface area contributed by atoms with Crippen molar-refractivity contribution in [2.24, 2.45) is 0 Å². The van der Waals surface area contributed by atoms with Gasteiger partial charge in [-0.2, -0.15) is 0 Å². The maximum absolute atomic E-state index is 12.1. The van der Waals surface area contributed by atoms with E-state index in [1.807, 2.05) is 6.92 Å². The second-order valence-electron chi connectivity index (χ2n) is 4.23. The number of amides is 1. The summed E-state index contributed by atoms with van der Waals surface area (Å²) in [6.07, 6.45) is 0.700. The van der Waals surface area contributed by atoms with Crippen LogP contribution in [0.15, 0.2) is 10.5 Å². The van der Waals surface area contributed by atoms with Crippen LogP contribution in [0, 0.1) is 13.8 Å². The molecule has 2 heterocycles. The Bertz CT molecular complexity index is 591. The quantitative estimate of drug-likeness (QED) is 0.829. The van der Waals surface area contributed by atoms with Crippen LogP contribution >= 0.6 is 11.3 Å². The van der Waals surface area contributed by atoms with Crippen molar-refractivity contribution < 1.29 is 13.9 Å². The first-order valence-electron chi connectivity index (χ1n) is 6.38. The number of carbonyl (C=O) groups is 1. The van der Waals surface area contributed by atoms with E-state index in [1.165, 1.54) is 11.3 Å². The Kier molecular flexibility index (Phi) is 4.86. The van der Waals surface area contributed by atoms with Crippen molar-refractivity contribution >= 4 is 22.4 Å². The third kappa shape index (κ3) is 3.64. The number of nitrogens with one attached hydrogen (secondary N) is 1. The van der Waals surface area contributed by atoms with E-state index in [-0.39, 0.29) is 5.91 Å². The normalized spacial score (nSPS) is 10.8. The van der Waals surface area contributed by atoms with Gasteiger partial charge in [-0.15, -0.1) is 10.2 Å². The van der Waals surface area contributed by atoms with Gasteiger partial charge in [0.25, 0.3) is 5.91 Å². The summed E-state index contributed by atoms with van der Waals surface area (Å²) >= 11 is 1.35. The smallest absolute Gasteiger partial charge is 0.261 e. The van der Waals surface area contributed by atoms with Crippen LogP contribution in [0.4, 0.5) is 5.13 Å². The third-order valence-corrected chi connectivity index (χ3v) is 3.54. The lowest BCUT2D eigenvalue weighted by Gasteiger charge is -1.98. The molecule has 0 aliphatic carbocycles. The van der Waals surface area contributed by atoms with Crippen LogP contribution in [0.25, 0.3) is 0 Å². The first-order chi connectivity index (χ1) is 9.60. The van der Waals surface area contributed by atoms with E-state index in [2.05, 4.69) is 15.5 Å². The number of hydrogen-bond acceptors (Lipinski definition) is 6. The number of carbonyl (C=O) groups excluding carboxylic acids is 1. The van der Waals surface area contributed by atoms with Crippen LogP contribution in [-0.4, -0.2) is 29.3 Å². The van der Waals surface area contributed by atoms with Gasteiger partial charge in [-0.3, -0.25) is 10.1 Å². The van der Waals surface area contributed by atoms with E-state index < -0.39 is 0 Å². The summed E-state index contributed by atoms with van der Waals surface area (Å²) in [5.41, 5.74) is 0.522. The summed E-state index contributed by atoms with van der Waals surface area (Å²) in [4.78, 5) is 12.1. The molecule has 7 heteroatoms. The summed E-state index contributed by atoms with van der Waals surface area (Å²) in [5, 5.41) is 12.0. The van der Waals surface area contributed by atoms with E-state index in [9.17, 15) is 4.79 Å². The summed E-state index contributed by atoms with van der Waals surface area (Å²) in [5.74, 6) is 1.08. The van der Waals surface area contributed by atoms with Crippen LogP contribution in [0.1, 0.15) is 33.8 Å². The van der Waals surface area contributed by atoms with Crippen LogP contribution in [0.2, 0.25) is 0 Å². The Morgan fingerprint density at radius 3 is 2.90 bits per heavy atom. The Balaban J connectivity index is 1.96. The van der Waals surface area contributed by atoms with Crippen LogP contribution in [0.3, 0.4) is 0 Å². The van der Waals surface area contributed by atoms with Crippen molar-refractivity contribution in [1.82, 2.24) is 10.2 Å². The Morgan fingerprint density at radius 2 is 2.25 bits per heavy atom. The van der Waals surface area contributed by atoms with Gasteiger partial charge in [0, 0.05) is 13.0 Å². The standard InChI is InChI=1S/C13H17N3O3S/c1-4-18-6-5-11-15-16-13(20-11)14-12(17)10-7-8(2)19-9(10)3/h7H,4-6H2,1-3H3,(H,14,16,17). The van der Waals surface area contributed by atoms with Gasteiger partial charge in [-0.05, 0) is 26.8 Å². The molecular formula is C13H17N3O3S. The zero-order valence-corrected chi connectivity index (χ0v) is 12.5. The van der Waals surface area contributed by atoms with E-state index in [4.69, 9.17) is 9.15 Å². The van der Waals surface area contributed by atoms with Gasteiger partial charge in [-0.25, -0.2) is 0 Å². The highest BCUT2D eigenvalue weighted by molar-refractivity contribution is 7.15. The molecule has 2 aromatic heterocycles. The number of anilines is 1. The molecule has 0 atom stereocenters. The van der Waals surface area contributed by atoms with E-state index in [1.54, 1.807) is 19.9 Å². The average Bonchev–Trinajstić information content (AvgIpc) is 2.96. The van der Waals surface area contributed by atoms with Crippen molar-refractivity contribution in [1.29, 1.82) is 0 Å². The molecule has 2 rings (SSSR count). The number of aromatic nitrogens is 2. The number of aryl methyl sites for hydroxylation is 2. The molecular weight excluding hydrogens is 278 g/mol. The molecule has 1 N–H and O–H groups in total. The largest absolute Gasteiger partial charge is 0.466 e. The average molecular weight is 295 g/mol. The Morgan fingerprint density at radius 1 is 1.45 bits per heavy atom. The van der Waals surface area contributed by atoms with Gasteiger partial charge in [-0.1, -0.05) is 11.3 Å². The molecule has 0 radical (unpaired) electrons. The van der Waals surface area contributed by atoms with E-state index in [0.717, 1.165) is 5.01 Å². The topological polar surface area (TPSA) is 77.3 Å². The number of ether oxygens (including phenoxy) is 1. The summed E-state index contributed by atoms with van der Waals surface area (Å²) < 4.78 is 10.6. The molecule has 1 amide bonds. The summed E-state index contributed by atoms with van der Waals surface area (Å²) in [6.45, 7) is 6.80. The van der Waals surface area contributed by atoms with E-state index in [0.29, 0.717) is 41.9 Å². The van der Waals surface area contributed by atoms with Crippen molar-refractivity contribution in [2.45, 2.75) is 27.2 Å². The molecule has 0 unspecified atom stereocenters. The van der Waals surface area contributed by atoms with Crippen molar-refractivity contribution in [3.05, 3.63) is 28.2 Å². The fourth-order valence-corrected chi connectivity index (χ4v) is 2.45. The predicted molar refractivity (Wildman–Crippen MR) is 76.2 cm³/mol. The Hall–Kier alpha value is -1.73.